The molecule has 4 N–H and O–H groups in total. The van der Waals surface area contributed by atoms with Gasteiger partial charge in [0.05, 0.1) is 30.1 Å². The Bertz CT molecular complexity index is 1920. The number of methoxy groups -OCH3 is 1. The van der Waals surface area contributed by atoms with Gasteiger partial charge >= 0.3 is 6.18 Å². The lowest BCUT2D eigenvalue weighted by molar-refractivity contribution is -0.265. The zero-order chi connectivity index (χ0) is 33.2. The number of carbonyl (C=O) groups is 2. The van der Waals surface area contributed by atoms with Crippen LogP contribution in [-0.2, 0) is 15.8 Å². The zero-order valence-electron chi connectivity index (χ0n) is 24.3. The molecular formula is C31H26ClF4N5O5. The van der Waals surface area contributed by atoms with Crippen LogP contribution in [0.3, 0.4) is 0 Å². The van der Waals surface area contributed by atoms with Crippen molar-refractivity contribution in [3.63, 3.8) is 0 Å². The summed E-state index contributed by atoms with van der Waals surface area (Å²) < 4.78 is 69.3. The number of ether oxygens (including phenoxy) is 2. The standard InChI is InChI=1S/C31H26ClF4N5O5/c1-29(28(37)43)13-46-26-18(29)11-23(39-25(26)15-5-6-20(33)19(32)8-15)30(44,31(34,35)36)12-38-27(42)17-7-16-9-21(14-3-4-14)40-41-24(16)22(10-17)45-2/h5-11,14,44H,3-4,12-13H2,1-2H3,(H2,37,43)(H,38,42)/t29-,30?/m0/s1. The van der Waals surface area contributed by atoms with E-state index in [1.54, 1.807) is 6.07 Å². The van der Waals surface area contributed by atoms with Crippen LogP contribution in [0.4, 0.5) is 17.6 Å². The van der Waals surface area contributed by atoms with E-state index < -0.39 is 47.1 Å². The molecule has 10 nitrogen and oxygen atoms in total. The van der Waals surface area contributed by atoms with Gasteiger partial charge in [-0.15, -0.1) is 5.10 Å². The number of nitrogens with zero attached hydrogens (tertiary/aromatic N) is 3. The largest absolute Gasteiger partial charge is 0.494 e. The molecule has 2 aromatic carbocycles. The van der Waals surface area contributed by atoms with Crippen LogP contribution in [0.2, 0.25) is 5.02 Å². The molecule has 1 fully saturated rings. The lowest BCUT2D eigenvalue weighted by Gasteiger charge is -2.31. The second-order valence-electron chi connectivity index (χ2n) is 11.5. The summed E-state index contributed by atoms with van der Waals surface area (Å²) in [5.41, 5.74) is 0.0175. The zero-order valence-corrected chi connectivity index (χ0v) is 25.1. The van der Waals surface area contributed by atoms with Crippen molar-refractivity contribution in [2.75, 3.05) is 20.3 Å². The minimum atomic E-state index is -5.39. The topological polar surface area (TPSA) is 150 Å². The molecule has 3 heterocycles. The maximum absolute atomic E-state index is 14.8. The average molecular weight is 660 g/mol. The number of aliphatic hydroxyl groups is 1. The van der Waals surface area contributed by atoms with Crippen LogP contribution in [-0.4, -0.2) is 58.5 Å². The van der Waals surface area contributed by atoms with E-state index in [9.17, 15) is 32.3 Å². The summed E-state index contributed by atoms with van der Waals surface area (Å²) in [4.78, 5) is 29.8. The maximum atomic E-state index is 14.8. The molecule has 2 amide bonds. The van der Waals surface area contributed by atoms with Gasteiger partial charge in [-0.1, -0.05) is 11.6 Å². The first kappa shape index (κ1) is 31.4. The Labute approximate surface area is 263 Å². The van der Waals surface area contributed by atoms with E-state index in [0.29, 0.717) is 10.9 Å². The lowest BCUT2D eigenvalue weighted by atomic mass is 9.81. The number of primary amides is 1. The van der Waals surface area contributed by atoms with Crippen LogP contribution in [0.5, 0.6) is 11.5 Å². The van der Waals surface area contributed by atoms with E-state index in [0.717, 1.165) is 36.7 Å². The maximum Gasteiger partial charge on any atom is 0.424 e. The van der Waals surface area contributed by atoms with Crippen LogP contribution in [0, 0.1) is 5.82 Å². The molecule has 2 aromatic heterocycles. The number of carbonyl (C=O) groups excluding carboxylic acids is 2. The summed E-state index contributed by atoms with van der Waals surface area (Å²) in [5.74, 6) is -2.31. The molecule has 6 rings (SSSR count). The molecule has 1 saturated carbocycles. The molecule has 1 aliphatic heterocycles. The molecule has 0 radical (unpaired) electrons. The Morgan fingerprint density at radius 3 is 2.54 bits per heavy atom. The monoisotopic (exact) mass is 659 g/mol. The molecule has 1 unspecified atom stereocenters. The fraction of sp³-hybridized carbons (Fsp3) is 0.323. The van der Waals surface area contributed by atoms with E-state index in [1.807, 2.05) is 0 Å². The van der Waals surface area contributed by atoms with Gasteiger partial charge in [0.1, 0.15) is 40.5 Å². The fourth-order valence-electron chi connectivity index (χ4n) is 5.29. The third-order valence-electron chi connectivity index (χ3n) is 8.36. The third kappa shape index (κ3) is 5.24. The predicted molar refractivity (Wildman–Crippen MR) is 157 cm³/mol. The van der Waals surface area contributed by atoms with Gasteiger partial charge in [0.2, 0.25) is 11.5 Å². The van der Waals surface area contributed by atoms with Crippen molar-refractivity contribution in [3.8, 4) is 22.8 Å². The number of alkyl halides is 3. The van der Waals surface area contributed by atoms with Crippen molar-refractivity contribution in [1.82, 2.24) is 20.5 Å². The third-order valence-corrected chi connectivity index (χ3v) is 8.65. The number of rotatable bonds is 8. The molecule has 2 atom stereocenters. The quantitative estimate of drug-likeness (QED) is 0.231. The first-order valence-corrected chi connectivity index (χ1v) is 14.4. The summed E-state index contributed by atoms with van der Waals surface area (Å²) in [6.45, 7) is -0.337. The Balaban J connectivity index is 1.41. The number of halogens is 5. The van der Waals surface area contributed by atoms with Gasteiger partial charge in [-0.3, -0.25) is 9.59 Å². The number of fused-ring (bicyclic) bond motifs is 2. The van der Waals surface area contributed by atoms with Gasteiger partial charge in [0, 0.05) is 28.0 Å². The first-order chi connectivity index (χ1) is 21.7. The van der Waals surface area contributed by atoms with Crippen molar-refractivity contribution in [1.29, 1.82) is 0 Å². The van der Waals surface area contributed by atoms with Crippen molar-refractivity contribution in [3.05, 3.63) is 75.8 Å². The van der Waals surface area contributed by atoms with E-state index >= 15 is 0 Å². The molecular weight excluding hydrogens is 634 g/mol. The molecule has 0 saturated heterocycles. The van der Waals surface area contributed by atoms with Gasteiger partial charge in [-0.05, 0) is 62.2 Å². The Kier molecular flexibility index (Phi) is 7.55. The summed E-state index contributed by atoms with van der Waals surface area (Å²) in [5, 5.41) is 22.0. The molecule has 1 aliphatic carbocycles. The molecule has 46 heavy (non-hydrogen) atoms. The van der Waals surface area contributed by atoms with E-state index in [4.69, 9.17) is 26.8 Å². The minimum absolute atomic E-state index is 0.0451. The van der Waals surface area contributed by atoms with E-state index in [2.05, 4.69) is 20.5 Å². The second-order valence-corrected chi connectivity index (χ2v) is 12.0. The normalized spacial score (nSPS) is 18.9. The number of nitrogens with one attached hydrogen (secondary N) is 1. The molecule has 0 spiro atoms. The summed E-state index contributed by atoms with van der Waals surface area (Å²) >= 11 is 5.94. The number of benzene rings is 2. The van der Waals surface area contributed by atoms with Crippen molar-refractivity contribution < 1.29 is 41.7 Å². The predicted octanol–water partition coefficient (Wildman–Crippen LogP) is 4.69. The molecule has 4 aromatic rings. The highest BCUT2D eigenvalue weighted by Gasteiger charge is 2.57. The first-order valence-electron chi connectivity index (χ1n) is 14.0. The van der Waals surface area contributed by atoms with Crippen LogP contribution in [0.15, 0.2) is 42.5 Å². The highest BCUT2D eigenvalue weighted by molar-refractivity contribution is 6.31. The molecule has 15 heteroatoms. The van der Waals surface area contributed by atoms with Crippen LogP contribution >= 0.6 is 11.6 Å². The van der Waals surface area contributed by atoms with Crippen molar-refractivity contribution >= 4 is 34.3 Å². The number of hydrogen-bond acceptors (Lipinski definition) is 8. The summed E-state index contributed by atoms with van der Waals surface area (Å²) in [6, 6.07) is 8.67. The lowest BCUT2D eigenvalue weighted by Crippen LogP contribution is -2.51. The number of amides is 2. The number of aromatic nitrogens is 3. The molecule has 240 valence electrons. The Morgan fingerprint density at radius 2 is 1.91 bits per heavy atom. The number of nitrogens with two attached hydrogens (primary N) is 1. The second kappa shape index (κ2) is 11.1. The van der Waals surface area contributed by atoms with E-state index in [-0.39, 0.29) is 51.4 Å². The number of hydrogen-bond donors (Lipinski definition) is 3. The molecule has 2 aliphatic rings. The minimum Gasteiger partial charge on any atom is -0.494 e. The van der Waals surface area contributed by atoms with Gasteiger partial charge < -0.3 is 25.6 Å². The van der Waals surface area contributed by atoms with Gasteiger partial charge in [-0.25, -0.2) is 9.37 Å². The number of pyridine rings is 1. The molecule has 0 bridgehead atoms. The van der Waals surface area contributed by atoms with Crippen LogP contribution in [0.25, 0.3) is 22.2 Å². The highest BCUT2D eigenvalue weighted by Crippen LogP contribution is 2.48. The fourth-order valence-corrected chi connectivity index (χ4v) is 5.47. The average Bonchev–Trinajstić information content (AvgIpc) is 3.82. The smallest absolute Gasteiger partial charge is 0.424 e. The van der Waals surface area contributed by atoms with Crippen molar-refractivity contribution in [2.24, 2.45) is 5.73 Å². The summed E-state index contributed by atoms with van der Waals surface area (Å²) in [6.07, 6.45) is -3.49. The Hall–Kier alpha value is -4.56. The van der Waals surface area contributed by atoms with Gasteiger partial charge in [0.15, 0.2) is 0 Å². The van der Waals surface area contributed by atoms with Gasteiger partial charge in [-0.2, -0.15) is 18.3 Å². The SMILES string of the molecule is COc1cc(C(=O)NCC(O)(c2cc3c(c(-c4ccc(F)c(Cl)c4)n2)OC[C@]3(C)C(N)=O)C(F)(F)F)cc2cc(C3CC3)nnc12. The van der Waals surface area contributed by atoms with E-state index in [1.165, 1.54) is 32.2 Å². The van der Waals surface area contributed by atoms with Crippen molar-refractivity contribution in [2.45, 2.75) is 42.9 Å². The van der Waals surface area contributed by atoms with Crippen LogP contribution in [0.1, 0.15) is 53.0 Å². The summed E-state index contributed by atoms with van der Waals surface area (Å²) in [7, 11) is 1.35. The van der Waals surface area contributed by atoms with Gasteiger partial charge in [0.25, 0.3) is 5.91 Å². The highest BCUT2D eigenvalue weighted by atomic mass is 35.5. The van der Waals surface area contributed by atoms with Crippen LogP contribution < -0.4 is 20.5 Å². The Morgan fingerprint density at radius 1 is 1.17 bits per heavy atom.